The van der Waals surface area contributed by atoms with Crippen LogP contribution in [-0.4, -0.2) is 9.55 Å². The van der Waals surface area contributed by atoms with Gasteiger partial charge in [0.05, 0.1) is 16.4 Å². The molecule has 0 amide bonds. The molecule has 2 aliphatic rings. The minimum Gasteiger partial charge on any atom is -0.326 e. The minimum absolute atomic E-state index is 0.0739. The average Bonchev–Trinajstić information content (AvgIpc) is 3.33. The molecular formula is C17H20Cl2N2. The highest BCUT2D eigenvalue weighted by molar-refractivity contribution is 6.31. The molecule has 2 aliphatic carbocycles. The summed E-state index contributed by atoms with van der Waals surface area (Å²) >= 11 is 12.6. The van der Waals surface area contributed by atoms with Gasteiger partial charge in [0, 0.05) is 11.6 Å². The molecule has 0 bridgehead atoms. The summed E-state index contributed by atoms with van der Waals surface area (Å²) < 4.78 is 2.33. The average molecular weight is 323 g/mol. The summed E-state index contributed by atoms with van der Waals surface area (Å²) in [6, 6.07) is 5.94. The zero-order valence-electron chi connectivity index (χ0n) is 12.2. The number of benzene rings is 1. The van der Waals surface area contributed by atoms with Gasteiger partial charge < -0.3 is 4.57 Å². The second kappa shape index (κ2) is 5.17. The smallest absolute Gasteiger partial charge is 0.127 e. The predicted octanol–water partition coefficient (Wildman–Crippen LogP) is 5.43. The van der Waals surface area contributed by atoms with Crippen LogP contribution in [0, 0.1) is 17.8 Å². The Balaban J connectivity index is 1.77. The van der Waals surface area contributed by atoms with Crippen LogP contribution >= 0.6 is 23.2 Å². The maximum Gasteiger partial charge on any atom is 0.127 e. The minimum atomic E-state index is -0.0739. The maximum absolute atomic E-state index is 6.38. The van der Waals surface area contributed by atoms with E-state index in [-0.39, 0.29) is 5.38 Å². The van der Waals surface area contributed by atoms with E-state index < -0.39 is 0 Å². The number of alkyl halides is 1. The topological polar surface area (TPSA) is 17.8 Å². The third kappa shape index (κ3) is 2.68. The van der Waals surface area contributed by atoms with Crippen molar-refractivity contribution in [3.63, 3.8) is 0 Å². The fraction of sp³-hybridized carbons (Fsp3) is 0.588. The van der Waals surface area contributed by atoms with Crippen LogP contribution in [0.4, 0.5) is 0 Å². The van der Waals surface area contributed by atoms with Crippen LogP contribution in [-0.2, 0) is 6.54 Å². The van der Waals surface area contributed by atoms with Crippen molar-refractivity contribution in [2.24, 2.45) is 17.8 Å². The Kier molecular flexibility index (Phi) is 3.42. The first-order valence-corrected chi connectivity index (χ1v) is 8.74. The third-order valence-corrected chi connectivity index (χ3v) is 5.37. The molecular weight excluding hydrogens is 303 g/mol. The lowest BCUT2D eigenvalue weighted by Gasteiger charge is -2.19. The summed E-state index contributed by atoms with van der Waals surface area (Å²) in [5.74, 6) is 3.64. The summed E-state index contributed by atoms with van der Waals surface area (Å²) in [6.07, 6.45) is 5.61. The molecule has 2 saturated carbocycles. The second-order valence-electron chi connectivity index (χ2n) is 6.67. The van der Waals surface area contributed by atoms with E-state index in [0.717, 1.165) is 46.2 Å². The van der Waals surface area contributed by atoms with Crippen LogP contribution in [0.3, 0.4) is 0 Å². The van der Waals surface area contributed by atoms with Crippen molar-refractivity contribution in [1.29, 1.82) is 0 Å². The molecule has 4 heteroatoms. The lowest BCUT2D eigenvalue weighted by atomic mass is 9.97. The summed E-state index contributed by atoms with van der Waals surface area (Å²) in [4.78, 5) is 4.74. The number of nitrogens with zero attached hydrogens (tertiary/aromatic N) is 2. The Labute approximate surface area is 135 Å². The number of hydrogen-bond donors (Lipinski definition) is 0. The van der Waals surface area contributed by atoms with Crippen LogP contribution in [0.1, 0.15) is 43.8 Å². The normalized spacial score (nSPS) is 20.4. The van der Waals surface area contributed by atoms with E-state index in [1.807, 2.05) is 25.1 Å². The summed E-state index contributed by atoms with van der Waals surface area (Å²) in [6.45, 7) is 3.06. The van der Waals surface area contributed by atoms with E-state index in [2.05, 4.69) is 4.57 Å². The molecule has 1 aromatic heterocycles. The lowest BCUT2D eigenvalue weighted by Crippen LogP contribution is -2.17. The van der Waals surface area contributed by atoms with Gasteiger partial charge >= 0.3 is 0 Å². The molecule has 112 valence electrons. The summed E-state index contributed by atoms with van der Waals surface area (Å²) in [7, 11) is 0. The lowest BCUT2D eigenvalue weighted by molar-refractivity contribution is 0.348. The van der Waals surface area contributed by atoms with Crippen molar-refractivity contribution in [3.8, 4) is 0 Å². The maximum atomic E-state index is 6.38. The molecule has 0 aliphatic heterocycles. The molecule has 0 spiro atoms. The number of halogens is 2. The summed E-state index contributed by atoms with van der Waals surface area (Å²) in [5, 5.41) is 0.696. The Morgan fingerprint density at radius 2 is 1.90 bits per heavy atom. The predicted molar refractivity (Wildman–Crippen MR) is 87.9 cm³/mol. The largest absolute Gasteiger partial charge is 0.326 e. The quantitative estimate of drug-likeness (QED) is 0.671. The molecule has 2 fully saturated rings. The van der Waals surface area contributed by atoms with Crippen LogP contribution in [0.25, 0.3) is 11.0 Å². The first kappa shape index (κ1) is 13.9. The van der Waals surface area contributed by atoms with Crippen LogP contribution < -0.4 is 0 Å². The highest BCUT2D eigenvalue weighted by atomic mass is 35.5. The van der Waals surface area contributed by atoms with E-state index in [4.69, 9.17) is 28.2 Å². The number of imidazole rings is 1. The Hall–Kier alpha value is -0.730. The fourth-order valence-electron chi connectivity index (χ4n) is 3.55. The first-order valence-electron chi connectivity index (χ1n) is 7.93. The van der Waals surface area contributed by atoms with Crippen molar-refractivity contribution in [3.05, 3.63) is 29.0 Å². The third-order valence-electron chi connectivity index (χ3n) is 4.94. The van der Waals surface area contributed by atoms with Crippen LogP contribution in [0.15, 0.2) is 18.2 Å². The molecule has 1 unspecified atom stereocenters. The van der Waals surface area contributed by atoms with E-state index in [1.54, 1.807) is 0 Å². The van der Waals surface area contributed by atoms with Crippen LogP contribution in [0.2, 0.25) is 5.02 Å². The Morgan fingerprint density at radius 1 is 1.24 bits per heavy atom. The van der Waals surface area contributed by atoms with Gasteiger partial charge in [-0.15, -0.1) is 11.6 Å². The second-order valence-corrected chi connectivity index (χ2v) is 7.76. The first-order chi connectivity index (χ1) is 10.1. The molecule has 21 heavy (non-hydrogen) atoms. The zero-order chi connectivity index (χ0) is 14.6. The van der Waals surface area contributed by atoms with Crippen LogP contribution in [0.5, 0.6) is 0 Å². The number of aromatic nitrogens is 2. The van der Waals surface area contributed by atoms with Crippen molar-refractivity contribution in [2.75, 3.05) is 0 Å². The molecule has 4 rings (SSSR count). The molecule has 0 radical (unpaired) electrons. The zero-order valence-corrected chi connectivity index (χ0v) is 13.7. The molecule has 2 aromatic rings. The van der Waals surface area contributed by atoms with Crippen molar-refractivity contribution >= 4 is 34.2 Å². The van der Waals surface area contributed by atoms with Crippen molar-refractivity contribution in [2.45, 2.75) is 44.5 Å². The Bertz CT molecular complexity index is 657. The van der Waals surface area contributed by atoms with Gasteiger partial charge in [-0.25, -0.2) is 4.98 Å². The standard InChI is InChI=1S/C17H20Cl2N2/c1-10(18)17-20-15-7-6-13(19)8-16(15)21(17)9-14(11-2-3-11)12-4-5-12/h6-8,10-12,14H,2-5,9H2,1H3. The van der Waals surface area contributed by atoms with E-state index >= 15 is 0 Å². The van der Waals surface area contributed by atoms with Gasteiger partial charge in [0.25, 0.3) is 0 Å². The Morgan fingerprint density at radius 3 is 2.48 bits per heavy atom. The van der Waals surface area contributed by atoms with Gasteiger partial charge in [0.2, 0.25) is 0 Å². The van der Waals surface area contributed by atoms with Crippen molar-refractivity contribution in [1.82, 2.24) is 9.55 Å². The summed E-state index contributed by atoms with van der Waals surface area (Å²) in [5.41, 5.74) is 2.14. The molecule has 0 N–H and O–H groups in total. The van der Waals surface area contributed by atoms with Gasteiger partial charge in [-0.2, -0.15) is 0 Å². The van der Waals surface area contributed by atoms with Crippen molar-refractivity contribution < 1.29 is 0 Å². The highest BCUT2D eigenvalue weighted by Crippen LogP contribution is 2.50. The SMILES string of the molecule is CC(Cl)c1nc2ccc(Cl)cc2n1CC(C1CC1)C1CC1. The number of fused-ring (bicyclic) bond motifs is 1. The molecule has 2 nitrogen and oxygen atoms in total. The molecule has 1 atom stereocenters. The van der Waals surface area contributed by atoms with E-state index in [0.29, 0.717) is 0 Å². The molecule has 1 aromatic carbocycles. The van der Waals surface area contributed by atoms with Gasteiger partial charge in [-0.3, -0.25) is 0 Å². The van der Waals surface area contributed by atoms with E-state index in [1.165, 1.54) is 25.7 Å². The van der Waals surface area contributed by atoms with Gasteiger partial charge in [0.15, 0.2) is 0 Å². The molecule has 1 heterocycles. The fourth-order valence-corrected chi connectivity index (χ4v) is 3.89. The van der Waals surface area contributed by atoms with Gasteiger partial charge in [-0.1, -0.05) is 11.6 Å². The highest BCUT2D eigenvalue weighted by Gasteiger charge is 2.41. The number of rotatable bonds is 5. The molecule has 0 saturated heterocycles. The van der Waals surface area contributed by atoms with E-state index in [9.17, 15) is 0 Å². The monoisotopic (exact) mass is 322 g/mol. The van der Waals surface area contributed by atoms with Gasteiger partial charge in [-0.05, 0) is 68.6 Å². The van der Waals surface area contributed by atoms with Gasteiger partial charge in [0.1, 0.15) is 5.82 Å². The number of hydrogen-bond acceptors (Lipinski definition) is 1.